The number of ether oxygens (including phenoxy) is 1. The second-order valence-electron chi connectivity index (χ2n) is 8.72. The maximum atomic E-state index is 13.4. The highest BCUT2D eigenvalue weighted by Crippen LogP contribution is 2.44. The lowest BCUT2D eigenvalue weighted by Gasteiger charge is -2.39. The summed E-state index contributed by atoms with van der Waals surface area (Å²) in [4.78, 5) is 26.5. The maximum Gasteiger partial charge on any atom is 0.335 e. The van der Waals surface area contributed by atoms with E-state index in [9.17, 15) is 23.1 Å². The van der Waals surface area contributed by atoms with E-state index in [4.69, 9.17) is 16.3 Å². The van der Waals surface area contributed by atoms with E-state index >= 15 is 0 Å². The SMILES string of the molecule is CC1(C)Oc2cc(NS(C)(=O)=O)ccc2N(c2ccc(Cl)c(Cc3ccccc3C(=O)O)c2)C1=O. The molecule has 0 saturated carbocycles. The molecule has 2 N–H and O–H groups in total. The van der Waals surface area contributed by atoms with Crippen LogP contribution < -0.4 is 14.4 Å². The van der Waals surface area contributed by atoms with Crippen molar-refractivity contribution in [2.75, 3.05) is 15.9 Å². The van der Waals surface area contributed by atoms with E-state index in [-0.39, 0.29) is 17.9 Å². The Morgan fingerprint density at radius 1 is 1.09 bits per heavy atom. The summed E-state index contributed by atoms with van der Waals surface area (Å²) in [6, 6.07) is 16.4. The first kappa shape index (κ1) is 24.6. The topological polar surface area (TPSA) is 113 Å². The number of sulfonamides is 1. The average Bonchev–Trinajstić information content (AvgIpc) is 2.75. The third kappa shape index (κ3) is 5.11. The number of rotatable bonds is 6. The summed E-state index contributed by atoms with van der Waals surface area (Å²) in [6.45, 7) is 3.25. The van der Waals surface area contributed by atoms with Crippen molar-refractivity contribution in [3.05, 3.63) is 82.4 Å². The van der Waals surface area contributed by atoms with E-state index < -0.39 is 21.6 Å². The Balaban J connectivity index is 1.79. The molecule has 0 radical (unpaired) electrons. The highest BCUT2D eigenvalue weighted by atomic mass is 35.5. The van der Waals surface area contributed by atoms with Gasteiger partial charge in [-0.2, -0.15) is 0 Å². The largest absolute Gasteiger partial charge is 0.478 e. The number of fused-ring (bicyclic) bond motifs is 1. The van der Waals surface area contributed by atoms with E-state index in [1.807, 2.05) is 0 Å². The molecule has 1 heterocycles. The van der Waals surface area contributed by atoms with Crippen LogP contribution >= 0.6 is 11.6 Å². The molecule has 1 aliphatic rings. The molecule has 3 aromatic carbocycles. The van der Waals surface area contributed by atoms with Crippen molar-refractivity contribution in [1.29, 1.82) is 0 Å². The predicted molar refractivity (Wildman–Crippen MR) is 134 cm³/mol. The van der Waals surface area contributed by atoms with Crippen molar-refractivity contribution in [1.82, 2.24) is 0 Å². The fourth-order valence-corrected chi connectivity index (χ4v) is 4.68. The fraction of sp³-hybridized carbons (Fsp3) is 0.200. The van der Waals surface area contributed by atoms with Gasteiger partial charge in [0, 0.05) is 16.8 Å². The van der Waals surface area contributed by atoms with Crippen LogP contribution in [0.3, 0.4) is 0 Å². The second kappa shape index (κ2) is 8.90. The molecule has 0 spiro atoms. The van der Waals surface area contributed by atoms with Crippen LogP contribution in [0, 0.1) is 0 Å². The number of hydrogen-bond acceptors (Lipinski definition) is 5. The second-order valence-corrected chi connectivity index (χ2v) is 10.9. The quantitative estimate of drug-likeness (QED) is 0.487. The van der Waals surface area contributed by atoms with E-state index in [1.54, 1.807) is 62.4 Å². The molecule has 0 aromatic heterocycles. The fourth-order valence-electron chi connectivity index (χ4n) is 3.94. The van der Waals surface area contributed by atoms with Crippen molar-refractivity contribution < 1.29 is 27.9 Å². The van der Waals surface area contributed by atoms with Crippen molar-refractivity contribution in [3.63, 3.8) is 0 Å². The number of anilines is 3. The number of carbonyl (C=O) groups excluding carboxylic acids is 1. The van der Waals surface area contributed by atoms with Crippen LogP contribution in [0.4, 0.5) is 17.1 Å². The summed E-state index contributed by atoms with van der Waals surface area (Å²) >= 11 is 6.45. The van der Waals surface area contributed by atoms with Crippen LogP contribution in [0.2, 0.25) is 5.02 Å². The number of hydrogen-bond donors (Lipinski definition) is 2. The van der Waals surface area contributed by atoms with Gasteiger partial charge in [0.15, 0.2) is 5.60 Å². The highest BCUT2D eigenvalue weighted by molar-refractivity contribution is 7.92. The number of halogens is 1. The Morgan fingerprint density at radius 3 is 2.49 bits per heavy atom. The van der Waals surface area contributed by atoms with Crippen LogP contribution in [0.1, 0.15) is 35.3 Å². The van der Waals surface area contributed by atoms with E-state index in [0.29, 0.717) is 39.0 Å². The highest BCUT2D eigenvalue weighted by Gasteiger charge is 2.42. The van der Waals surface area contributed by atoms with Crippen LogP contribution in [0.25, 0.3) is 0 Å². The normalized spacial score (nSPS) is 14.7. The summed E-state index contributed by atoms with van der Waals surface area (Å²) in [5.41, 5.74) is 1.44. The molecule has 4 rings (SSSR count). The Bertz CT molecular complexity index is 1450. The lowest BCUT2D eigenvalue weighted by Crippen LogP contribution is -2.50. The number of aromatic carboxylic acids is 1. The first-order valence-corrected chi connectivity index (χ1v) is 12.9. The number of benzene rings is 3. The molecular weight excluding hydrogens is 492 g/mol. The number of carboxylic acid groups (broad SMARTS) is 1. The number of carboxylic acids is 1. The molecule has 0 bridgehead atoms. The third-order valence-electron chi connectivity index (χ3n) is 5.50. The summed E-state index contributed by atoms with van der Waals surface area (Å²) in [6.07, 6.45) is 1.30. The molecule has 0 saturated heterocycles. The van der Waals surface area contributed by atoms with Crippen LogP contribution in [-0.4, -0.2) is 37.3 Å². The number of carbonyl (C=O) groups is 2. The molecule has 0 aliphatic carbocycles. The monoisotopic (exact) mass is 514 g/mol. The van der Waals surface area contributed by atoms with Crippen LogP contribution in [0.15, 0.2) is 60.7 Å². The molecule has 10 heteroatoms. The van der Waals surface area contributed by atoms with Crippen LogP contribution in [-0.2, 0) is 21.2 Å². The first-order valence-electron chi connectivity index (χ1n) is 10.6. The summed E-state index contributed by atoms with van der Waals surface area (Å²) < 4.78 is 31.6. The maximum absolute atomic E-state index is 13.4. The van der Waals surface area contributed by atoms with Gasteiger partial charge < -0.3 is 9.84 Å². The zero-order valence-corrected chi connectivity index (χ0v) is 20.8. The molecule has 1 aliphatic heterocycles. The van der Waals surface area contributed by atoms with Gasteiger partial charge in [0.25, 0.3) is 5.91 Å². The van der Waals surface area contributed by atoms with Gasteiger partial charge in [-0.25, -0.2) is 13.2 Å². The van der Waals surface area contributed by atoms with Crippen molar-refractivity contribution in [2.45, 2.75) is 25.9 Å². The van der Waals surface area contributed by atoms with E-state index in [0.717, 1.165) is 6.26 Å². The molecule has 0 unspecified atom stereocenters. The van der Waals surface area contributed by atoms with Crippen LogP contribution in [0.5, 0.6) is 5.75 Å². The predicted octanol–water partition coefficient (Wildman–Crippen LogP) is 4.84. The van der Waals surface area contributed by atoms with Gasteiger partial charge in [-0.1, -0.05) is 29.8 Å². The van der Waals surface area contributed by atoms with Crippen molar-refractivity contribution >= 4 is 50.6 Å². The Kier molecular flexibility index (Phi) is 6.25. The summed E-state index contributed by atoms with van der Waals surface area (Å²) in [7, 11) is -3.50. The number of amides is 1. The lowest BCUT2D eigenvalue weighted by atomic mass is 9.98. The van der Waals surface area contributed by atoms with Gasteiger partial charge in [0.05, 0.1) is 23.2 Å². The molecule has 0 atom stereocenters. The smallest absolute Gasteiger partial charge is 0.335 e. The standard InChI is InChI=1S/C25H23ClN2O6S/c1-25(2)24(31)28(21-11-8-17(14-22(21)34-25)27-35(3,32)33)18-9-10-20(26)16(13-18)12-15-6-4-5-7-19(15)23(29)30/h4-11,13-14,27H,12H2,1-3H3,(H,29,30). The Hall–Kier alpha value is -3.56. The molecular formula is C25H23ClN2O6S. The van der Waals surface area contributed by atoms with Gasteiger partial charge in [0.2, 0.25) is 10.0 Å². The number of nitrogens with zero attached hydrogens (tertiary/aromatic N) is 1. The van der Waals surface area contributed by atoms with Crippen molar-refractivity contribution in [3.8, 4) is 5.75 Å². The third-order valence-corrected chi connectivity index (χ3v) is 6.48. The molecule has 182 valence electrons. The molecule has 8 nitrogen and oxygen atoms in total. The summed E-state index contributed by atoms with van der Waals surface area (Å²) in [5.74, 6) is -1.03. The van der Waals surface area contributed by atoms with E-state index in [1.165, 1.54) is 17.0 Å². The lowest BCUT2D eigenvalue weighted by molar-refractivity contribution is -0.131. The van der Waals surface area contributed by atoms with Gasteiger partial charge in [0.1, 0.15) is 5.75 Å². The number of nitrogens with one attached hydrogen (secondary N) is 1. The van der Waals surface area contributed by atoms with Gasteiger partial charge in [-0.3, -0.25) is 14.4 Å². The minimum atomic E-state index is -3.50. The summed E-state index contributed by atoms with van der Waals surface area (Å²) in [5, 5.41) is 9.96. The first-order chi connectivity index (χ1) is 16.4. The minimum Gasteiger partial charge on any atom is -0.478 e. The van der Waals surface area contributed by atoms with Gasteiger partial charge >= 0.3 is 5.97 Å². The van der Waals surface area contributed by atoms with Crippen molar-refractivity contribution in [2.24, 2.45) is 0 Å². The molecule has 35 heavy (non-hydrogen) atoms. The molecule has 0 fully saturated rings. The molecule has 1 amide bonds. The minimum absolute atomic E-state index is 0.175. The van der Waals surface area contributed by atoms with Gasteiger partial charge in [-0.15, -0.1) is 0 Å². The average molecular weight is 515 g/mol. The molecule has 3 aromatic rings. The Morgan fingerprint density at radius 2 is 1.80 bits per heavy atom. The Labute approximate surface area is 208 Å². The zero-order chi connectivity index (χ0) is 25.5. The zero-order valence-electron chi connectivity index (χ0n) is 19.2. The van der Waals surface area contributed by atoms with Gasteiger partial charge in [-0.05, 0) is 67.8 Å². The van der Waals surface area contributed by atoms with E-state index in [2.05, 4.69) is 4.72 Å².